The number of ether oxygens (including phenoxy) is 2. The van der Waals surface area contributed by atoms with Crippen LogP contribution in [0.5, 0.6) is 17.2 Å². The zero-order valence-corrected chi connectivity index (χ0v) is 16.4. The second-order valence-electron chi connectivity index (χ2n) is 7.04. The van der Waals surface area contributed by atoms with E-state index >= 15 is 0 Å². The molecule has 1 aliphatic heterocycles. The summed E-state index contributed by atoms with van der Waals surface area (Å²) in [5.74, 6) is 0.478. The van der Waals surface area contributed by atoms with E-state index in [9.17, 15) is 14.7 Å². The third-order valence-electron chi connectivity index (χ3n) is 5.13. The topological polar surface area (TPSA) is 76.1 Å². The molecule has 1 saturated heterocycles. The van der Waals surface area contributed by atoms with Gasteiger partial charge in [-0.05, 0) is 55.7 Å². The maximum absolute atomic E-state index is 13.0. The van der Waals surface area contributed by atoms with Crippen LogP contribution in [0.4, 0.5) is 0 Å². The van der Waals surface area contributed by atoms with Crippen molar-refractivity contribution in [2.45, 2.75) is 19.8 Å². The van der Waals surface area contributed by atoms with Crippen LogP contribution in [-0.2, 0) is 0 Å². The van der Waals surface area contributed by atoms with Gasteiger partial charge in [-0.2, -0.15) is 0 Å². The lowest BCUT2D eigenvalue weighted by Crippen LogP contribution is -2.42. The molecule has 0 spiro atoms. The molecule has 1 unspecified atom stereocenters. The number of aromatic hydroxyl groups is 1. The largest absolute Gasteiger partial charge is 0.507 e. The molecule has 2 aromatic carbocycles. The third kappa shape index (κ3) is 3.96. The second-order valence-corrected chi connectivity index (χ2v) is 7.04. The average molecular weight is 383 g/mol. The minimum Gasteiger partial charge on any atom is -0.507 e. The molecule has 1 aliphatic rings. The van der Waals surface area contributed by atoms with E-state index in [1.54, 1.807) is 48.4 Å². The summed E-state index contributed by atoms with van der Waals surface area (Å²) in [6, 6.07) is 10.1. The van der Waals surface area contributed by atoms with Gasteiger partial charge in [0.05, 0.1) is 19.8 Å². The lowest BCUT2D eigenvalue weighted by molar-refractivity contribution is 0.0634. The van der Waals surface area contributed by atoms with Crippen LogP contribution in [0.2, 0.25) is 0 Å². The Morgan fingerprint density at radius 1 is 1.07 bits per heavy atom. The first kappa shape index (κ1) is 19.7. The number of aryl methyl sites for hydroxylation is 1. The fourth-order valence-electron chi connectivity index (χ4n) is 3.59. The number of ketones is 1. The highest BCUT2D eigenvalue weighted by Gasteiger charge is 2.30. The molecule has 1 heterocycles. The number of Topliss-reactive ketones (excluding diaryl/α,β-unsaturated/α-hetero) is 1. The van der Waals surface area contributed by atoms with Crippen molar-refractivity contribution in [1.82, 2.24) is 4.90 Å². The van der Waals surface area contributed by atoms with E-state index in [0.29, 0.717) is 30.2 Å². The van der Waals surface area contributed by atoms with Gasteiger partial charge in [-0.15, -0.1) is 0 Å². The summed E-state index contributed by atoms with van der Waals surface area (Å²) in [5.41, 5.74) is 1.69. The van der Waals surface area contributed by atoms with E-state index in [2.05, 4.69) is 0 Å². The Bertz CT molecular complexity index is 892. The molecular formula is C22H25NO5. The maximum Gasteiger partial charge on any atom is 0.257 e. The SMILES string of the molecule is COc1ccc(C(=O)C2CCCN(C(=O)c3ccc(C)cc3O)C2)cc1OC. The number of carbonyl (C=O) groups excluding carboxylic acids is 2. The minimum absolute atomic E-state index is 0.0217. The normalized spacial score (nSPS) is 16.5. The van der Waals surface area contributed by atoms with Gasteiger partial charge < -0.3 is 19.5 Å². The van der Waals surface area contributed by atoms with E-state index in [1.807, 2.05) is 6.92 Å². The molecule has 2 aromatic rings. The number of amides is 1. The first-order chi connectivity index (χ1) is 13.4. The van der Waals surface area contributed by atoms with Gasteiger partial charge in [0.25, 0.3) is 5.91 Å². The number of phenols is 1. The Kier molecular flexibility index (Phi) is 5.87. The van der Waals surface area contributed by atoms with Crippen molar-refractivity contribution < 1.29 is 24.2 Å². The number of phenolic OH excluding ortho intramolecular Hbond substituents is 1. The van der Waals surface area contributed by atoms with E-state index in [4.69, 9.17) is 9.47 Å². The summed E-state index contributed by atoms with van der Waals surface area (Å²) < 4.78 is 10.5. The molecule has 0 bridgehead atoms. The van der Waals surface area contributed by atoms with E-state index < -0.39 is 0 Å². The number of nitrogens with zero attached hydrogens (tertiary/aromatic N) is 1. The van der Waals surface area contributed by atoms with Crippen molar-refractivity contribution >= 4 is 11.7 Å². The molecule has 1 amide bonds. The first-order valence-corrected chi connectivity index (χ1v) is 9.29. The predicted molar refractivity (Wildman–Crippen MR) is 105 cm³/mol. The lowest BCUT2D eigenvalue weighted by Gasteiger charge is -2.32. The second kappa shape index (κ2) is 8.33. The van der Waals surface area contributed by atoms with Gasteiger partial charge in [-0.3, -0.25) is 9.59 Å². The van der Waals surface area contributed by atoms with Crippen LogP contribution in [0.15, 0.2) is 36.4 Å². The minimum atomic E-state index is -0.289. The molecule has 0 saturated carbocycles. The van der Waals surface area contributed by atoms with Crippen molar-refractivity contribution in [3.63, 3.8) is 0 Å². The van der Waals surface area contributed by atoms with Gasteiger partial charge in [0.2, 0.25) is 0 Å². The Hall–Kier alpha value is -3.02. The van der Waals surface area contributed by atoms with Gasteiger partial charge >= 0.3 is 0 Å². The smallest absolute Gasteiger partial charge is 0.257 e. The summed E-state index contributed by atoms with van der Waals surface area (Å²) in [4.78, 5) is 27.5. The third-order valence-corrected chi connectivity index (χ3v) is 5.13. The molecule has 1 atom stereocenters. The Balaban J connectivity index is 1.77. The first-order valence-electron chi connectivity index (χ1n) is 9.29. The molecule has 1 N–H and O–H groups in total. The van der Waals surface area contributed by atoms with Crippen LogP contribution < -0.4 is 9.47 Å². The number of rotatable bonds is 5. The highest BCUT2D eigenvalue weighted by atomic mass is 16.5. The predicted octanol–water partition coefficient (Wildman–Crippen LogP) is 3.45. The van der Waals surface area contributed by atoms with Crippen molar-refractivity contribution in [3.05, 3.63) is 53.1 Å². The van der Waals surface area contributed by atoms with Gasteiger partial charge in [0.15, 0.2) is 17.3 Å². The maximum atomic E-state index is 13.0. The Morgan fingerprint density at radius 3 is 2.50 bits per heavy atom. The monoisotopic (exact) mass is 383 g/mol. The molecule has 1 fully saturated rings. The molecule has 0 aliphatic carbocycles. The molecule has 0 radical (unpaired) electrons. The molecule has 28 heavy (non-hydrogen) atoms. The number of likely N-dealkylation sites (tertiary alicyclic amines) is 1. The summed E-state index contributed by atoms with van der Waals surface area (Å²) in [6.45, 7) is 2.76. The standard InChI is InChI=1S/C22H25NO5/c1-14-6-8-17(18(24)11-14)22(26)23-10-4-5-16(13-23)21(25)15-7-9-19(27-2)20(12-15)28-3/h6-9,11-12,16,24H,4-5,10,13H2,1-3H3. The number of hydrogen-bond acceptors (Lipinski definition) is 5. The lowest BCUT2D eigenvalue weighted by atomic mass is 9.89. The van der Waals surface area contributed by atoms with Crippen LogP contribution in [0.1, 0.15) is 39.1 Å². The molecular weight excluding hydrogens is 358 g/mol. The quantitative estimate of drug-likeness (QED) is 0.801. The van der Waals surface area contributed by atoms with Gasteiger partial charge in [0, 0.05) is 24.6 Å². The zero-order chi connectivity index (χ0) is 20.3. The fraction of sp³-hybridized carbons (Fsp3) is 0.364. The van der Waals surface area contributed by atoms with Crippen molar-refractivity contribution in [2.75, 3.05) is 27.3 Å². The van der Waals surface area contributed by atoms with Gasteiger partial charge in [-0.1, -0.05) is 6.07 Å². The number of hydrogen-bond donors (Lipinski definition) is 1. The van der Waals surface area contributed by atoms with E-state index in [1.165, 1.54) is 7.11 Å². The summed E-state index contributed by atoms with van der Waals surface area (Å²) in [7, 11) is 3.08. The summed E-state index contributed by atoms with van der Waals surface area (Å²) in [5, 5.41) is 10.1. The summed E-state index contributed by atoms with van der Waals surface area (Å²) in [6.07, 6.45) is 1.46. The fourth-order valence-corrected chi connectivity index (χ4v) is 3.59. The number of piperidine rings is 1. The van der Waals surface area contributed by atoms with E-state index in [-0.39, 0.29) is 28.9 Å². The number of carbonyl (C=O) groups is 2. The highest BCUT2D eigenvalue weighted by Crippen LogP contribution is 2.30. The number of methoxy groups -OCH3 is 2. The average Bonchev–Trinajstić information content (AvgIpc) is 2.72. The Labute approximate surface area is 164 Å². The summed E-state index contributed by atoms with van der Waals surface area (Å²) >= 11 is 0. The molecule has 6 heteroatoms. The molecule has 0 aromatic heterocycles. The van der Waals surface area contributed by atoms with Crippen LogP contribution in [0.3, 0.4) is 0 Å². The van der Waals surface area contributed by atoms with Crippen LogP contribution in [-0.4, -0.2) is 49.0 Å². The van der Waals surface area contributed by atoms with Crippen LogP contribution in [0.25, 0.3) is 0 Å². The molecule has 148 valence electrons. The zero-order valence-electron chi connectivity index (χ0n) is 16.4. The number of benzene rings is 2. The van der Waals surface area contributed by atoms with Gasteiger partial charge in [0.1, 0.15) is 5.75 Å². The molecule has 3 rings (SSSR count). The van der Waals surface area contributed by atoms with Crippen molar-refractivity contribution in [1.29, 1.82) is 0 Å². The van der Waals surface area contributed by atoms with Crippen LogP contribution >= 0.6 is 0 Å². The van der Waals surface area contributed by atoms with Crippen LogP contribution in [0, 0.1) is 12.8 Å². The highest BCUT2D eigenvalue weighted by molar-refractivity contribution is 6.00. The van der Waals surface area contributed by atoms with Crippen molar-refractivity contribution in [2.24, 2.45) is 5.92 Å². The van der Waals surface area contributed by atoms with Gasteiger partial charge in [-0.25, -0.2) is 0 Å². The molecule has 6 nitrogen and oxygen atoms in total. The van der Waals surface area contributed by atoms with Crippen molar-refractivity contribution in [3.8, 4) is 17.2 Å². The Morgan fingerprint density at radius 2 is 1.82 bits per heavy atom. The van der Waals surface area contributed by atoms with E-state index in [0.717, 1.165) is 18.4 Å².